The van der Waals surface area contributed by atoms with Gasteiger partial charge >= 0.3 is 0 Å². The van der Waals surface area contributed by atoms with Gasteiger partial charge in [0.25, 0.3) is 0 Å². The number of ether oxygens (including phenoxy) is 1. The van der Waals surface area contributed by atoms with Gasteiger partial charge in [-0.25, -0.2) is 0 Å². The Morgan fingerprint density at radius 3 is 2.88 bits per heavy atom. The van der Waals surface area contributed by atoms with E-state index >= 15 is 0 Å². The highest BCUT2D eigenvalue weighted by Gasteiger charge is 2.27. The third-order valence-corrected chi connectivity index (χ3v) is 4.48. The Labute approximate surface area is 141 Å². The van der Waals surface area contributed by atoms with Crippen molar-refractivity contribution in [1.82, 2.24) is 19.7 Å². The minimum absolute atomic E-state index is 0.144. The lowest BCUT2D eigenvalue weighted by atomic mass is 9.94. The molecule has 1 atom stereocenters. The molecule has 5 heteroatoms. The molecular weight excluding hydrogens is 300 g/mol. The van der Waals surface area contributed by atoms with Crippen LogP contribution < -0.4 is 4.74 Å². The molecule has 0 N–H and O–H groups in total. The molecule has 4 rings (SSSR count). The lowest BCUT2D eigenvalue weighted by molar-refractivity contribution is 0.208. The summed E-state index contributed by atoms with van der Waals surface area (Å²) in [5.41, 5.74) is 6.41. The summed E-state index contributed by atoms with van der Waals surface area (Å²) in [7, 11) is 1.95. The van der Waals surface area contributed by atoms with Gasteiger partial charge in [0.1, 0.15) is 6.10 Å². The van der Waals surface area contributed by atoms with Crippen molar-refractivity contribution < 1.29 is 4.74 Å². The average Bonchev–Trinajstić information content (AvgIpc) is 2.91. The van der Waals surface area contributed by atoms with Crippen molar-refractivity contribution in [3.05, 3.63) is 59.0 Å². The van der Waals surface area contributed by atoms with Crippen molar-refractivity contribution in [3.8, 4) is 17.3 Å². The quantitative estimate of drug-likeness (QED) is 0.742. The SMILES string of the molecule is Cc1cccc(C(C)Oc2nn(C)c3c2CCc2cccnc2-3)n1. The van der Waals surface area contributed by atoms with Crippen molar-refractivity contribution in [3.63, 3.8) is 0 Å². The van der Waals surface area contributed by atoms with Crippen LogP contribution in [0.3, 0.4) is 0 Å². The van der Waals surface area contributed by atoms with E-state index in [1.807, 2.05) is 56.0 Å². The molecule has 24 heavy (non-hydrogen) atoms. The summed E-state index contributed by atoms with van der Waals surface area (Å²) >= 11 is 0. The number of pyridine rings is 2. The second-order valence-electron chi connectivity index (χ2n) is 6.23. The Kier molecular flexibility index (Phi) is 3.56. The zero-order valence-electron chi connectivity index (χ0n) is 14.2. The molecule has 3 heterocycles. The average molecular weight is 320 g/mol. The first-order chi connectivity index (χ1) is 11.6. The minimum Gasteiger partial charge on any atom is -0.467 e. The van der Waals surface area contributed by atoms with Gasteiger partial charge in [-0.1, -0.05) is 12.1 Å². The van der Waals surface area contributed by atoms with Crippen LogP contribution in [0.2, 0.25) is 0 Å². The molecule has 1 unspecified atom stereocenters. The van der Waals surface area contributed by atoms with Crippen LogP contribution in [0.4, 0.5) is 0 Å². The van der Waals surface area contributed by atoms with Crippen LogP contribution in [0.1, 0.15) is 35.5 Å². The molecule has 0 radical (unpaired) electrons. The van der Waals surface area contributed by atoms with Gasteiger partial charge in [0.15, 0.2) is 0 Å². The maximum atomic E-state index is 6.17. The maximum Gasteiger partial charge on any atom is 0.237 e. The number of nitrogens with zero attached hydrogens (tertiary/aromatic N) is 4. The predicted molar refractivity (Wildman–Crippen MR) is 91.9 cm³/mol. The monoisotopic (exact) mass is 320 g/mol. The maximum absolute atomic E-state index is 6.17. The molecular formula is C19H20N4O. The van der Waals surface area contributed by atoms with E-state index in [9.17, 15) is 0 Å². The summed E-state index contributed by atoms with van der Waals surface area (Å²) in [5, 5.41) is 4.61. The lowest BCUT2D eigenvalue weighted by Gasteiger charge is -2.17. The number of hydrogen-bond donors (Lipinski definition) is 0. The van der Waals surface area contributed by atoms with Gasteiger partial charge in [-0.3, -0.25) is 14.6 Å². The fraction of sp³-hybridized carbons (Fsp3) is 0.316. The van der Waals surface area contributed by atoms with Crippen molar-refractivity contribution in [2.45, 2.75) is 32.8 Å². The number of aromatic nitrogens is 4. The van der Waals surface area contributed by atoms with Gasteiger partial charge < -0.3 is 4.74 Å². The minimum atomic E-state index is -0.144. The van der Waals surface area contributed by atoms with Gasteiger partial charge in [-0.2, -0.15) is 0 Å². The van der Waals surface area contributed by atoms with Crippen LogP contribution in [0.5, 0.6) is 5.88 Å². The van der Waals surface area contributed by atoms with E-state index in [-0.39, 0.29) is 6.10 Å². The normalized spacial score (nSPS) is 14.0. The van der Waals surface area contributed by atoms with Gasteiger partial charge in [0.2, 0.25) is 5.88 Å². The highest BCUT2D eigenvalue weighted by atomic mass is 16.5. The summed E-state index contributed by atoms with van der Waals surface area (Å²) in [6.45, 7) is 4.00. The molecule has 0 amide bonds. The Bertz CT molecular complexity index is 900. The molecule has 1 aliphatic carbocycles. The summed E-state index contributed by atoms with van der Waals surface area (Å²) in [5.74, 6) is 0.694. The van der Waals surface area contributed by atoms with E-state index in [1.165, 1.54) is 5.56 Å². The van der Waals surface area contributed by atoms with Crippen molar-refractivity contribution in [2.75, 3.05) is 0 Å². The van der Waals surface area contributed by atoms with E-state index in [4.69, 9.17) is 4.74 Å². The van der Waals surface area contributed by atoms with E-state index in [0.717, 1.165) is 41.2 Å². The van der Waals surface area contributed by atoms with Crippen LogP contribution >= 0.6 is 0 Å². The van der Waals surface area contributed by atoms with Crippen LogP contribution in [-0.2, 0) is 19.9 Å². The summed E-state index contributed by atoms with van der Waals surface area (Å²) < 4.78 is 8.05. The molecule has 122 valence electrons. The van der Waals surface area contributed by atoms with Crippen molar-refractivity contribution >= 4 is 0 Å². The summed E-state index contributed by atoms with van der Waals surface area (Å²) in [4.78, 5) is 9.11. The van der Waals surface area contributed by atoms with Crippen LogP contribution in [0.15, 0.2) is 36.5 Å². The van der Waals surface area contributed by atoms with Gasteiger partial charge in [0, 0.05) is 24.5 Å². The molecule has 0 aliphatic heterocycles. The Hall–Kier alpha value is -2.69. The zero-order valence-corrected chi connectivity index (χ0v) is 14.2. The van der Waals surface area contributed by atoms with Crippen LogP contribution in [0.25, 0.3) is 11.4 Å². The standard InChI is InChI=1S/C19H20N4O/c1-12-6-4-8-16(21-12)13(2)24-19-15-10-9-14-7-5-11-20-17(14)18(15)23(3)22-19/h4-8,11,13H,9-10H2,1-3H3. The molecule has 0 fully saturated rings. The number of fused-ring (bicyclic) bond motifs is 3. The topological polar surface area (TPSA) is 52.8 Å². The lowest BCUT2D eigenvalue weighted by Crippen LogP contribution is -2.09. The first kappa shape index (κ1) is 14.9. The largest absolute Gasteiger partial charge is 0.467 e. The number of aryl methyl sites for hydroxylation is 3. The fourth-order valence-corrected chi connectivity index (χ4v) is 3.29. The molecule has 1 aliphatic rings. The Morgan fingerprint density at radius 2 is 2.04 bits per heavy atom. The molecule has 0 saturated heterocycles. The molecule has 0 bridgehead atoms. The summed E-state index contributed by atoms with van der Waals surface area (Å²) in [6, 6.07) is 10.1. The predicted octanol–water partition coefficient (Wildman–Crippen LogP) is 3.42. The third-order valence-electron chi connectivity index (χ3n) is 4.48. The van der Waals surface area contributed by atoms with E-state index < -0.39 is 0 Å². The first-order valence-electron chi connectivity index (χ1n) is 8.24. The third kappa shape index (κ3) is 2.46. The van der Waals surface area contributed by atoms with Gasteiger partial charge in [-0.05, 0) is 50.5 Å². The highest BCUT2D eigenvalue weighted by molar-refractivity contribution is 5.68. The van der Waals surface area contributed by atoms with Gasteiger partial charge in [0.05, 0.1) is 17.1 Å². The zero-order chi connectivity index (χ0) is 16.7. The molecule has 3 aromatic heterocycles. The second kappa shape index (κ2) is 5.74. The fourth-order valence-electron chi connectivity index (χ4n) is 3.29. The molecule has 0 spiro atoms. The van der Waals surface area contributed by atoms with Crippen LogP contribution in [0, 0.1) is 6.92 Å². The Morgan fingerprint density at radius 1 is 1.17 bits per heavy atom. The molecule has 3 aromatic rings. The molecule has 0 aromatic carbocycles. The molecule has 5 nitrogen and oxygen atoms in total. The Balaban J connectivity index is 1.69. The highest BCUT2D eigenvalue weighted by Crippen LogP contribution is 2.37. The van der Waals surface area contributed by atoms with Crippen molar-refractivity contribution in [2.24, 2.45) is 7.05 Å². The summed E-state index contributed by atoms with van der Waals surface area (Å²) in [6.07, 6.45) is 3.58. The van der Waals surface area contributed by atoms with E-state index in [0.29, 0.717) is 5.88 Å². The first-order valence-corrected chi connectivity index (χ1v) is 8.24. The van der Waals surface area contributed by atoms with Gasteiger partial charge in [-0.15, -0.1) is 5.10 Å². The number of rotatable bonds is 3. The van der Waals surface area contributed by atoms with E-state index in [1.54, 1.807) is 0 Å². The van der Waals surface area contributed by atoms with Crippen LogP contribution in [-0.4, -0.2) is 19.7 Å². The van der Waals surface area contributed by atoms with E-state index in [2.05, 4.69) is 21.1 Å². The smallest absolute Gasteiger partial charge is 0.237 e. The number of hydrogen-bond acceptors (Lipinski definition) is 4. The molecule has 0 saturated carbocycles. The van der Waals surface area contributed by atoms with Crippen molar-refractivity contribution in [1.29, 1.82) is 0 Å². The second-order valence-corrected chi connectivity index (χ2v) is 6.23.